The van der Waals surface area contributed by atoms with E-state index in [0.717, 1.165) is 31.7 Å². The number of likely N-dealkylation sites (tertiary alicyclic amines) is 2. The third-order valence-electron chi connectivity index (χ3n) is 4.91. The quantitative estimate of drug-likeness (QED) is 0.841. The summed E-state index contributed by atoms with van der Waals surface area (Å²) in [6, 6.07) is 4.47. The first kappa shape index (κ1) is 15.2. The normalized spacial score (nSPS) is 25.7. The molecule has 2 saturated heterocycles. The summed E-state index contributed by atoms with van der Waals surface area (Å²) in [4.78, 5) is 19.1. The molecule has 2 aliphatic heterocycles. The molecule has 0 aromatic carbocycles. The van der Waals surface area contributed by atoms with Crippen molar-refractivity contribution >= 4 is 11.7 Å². The highest BCUT2D eigenvalue weighted by Gasteiger charge is 2.39. The van der Waals surface area contributed by atoms with Crippen LogP contribution in [0.15, 0.2) is 12.1 Å². The molecule has 0 aliphatic carbocycles. The Balaban J connectivity index is 1.75. The average Bonchev–Trinajstić information content (AvgIpc) is 3.14. The first-order valence-corrected chi connectivity index (χ1v) is 8.10. The van der Waals surface area contributed by atoms with Crippen LogP contribution in [0.2, 0.25) is 0 Å². The fourth-order valence-corrected chi connectivity index (χ4v) is 3.69. The van der Waals surface area contributed by atoms with Crippen LogP contribution in [0.25, 0.3) is 0 Å². The van der Waals surface area contributed by atoms with Crippen LogP contribution in [-0.4, -0.2) is 72.2 Å². The number of nitrogens with zero attached hydrogens (tertiary/aromatic N) is 5. The third kappa shape index (κ3) is 2.79. The van der Waals surface area contributed by atoms with Crippen molar-refractivity contribution in [2.45, 2.75) is 37.8 Å². The Hall–Kier alpha value is -1.69. The van der Waals surface area contributed by atoms with Crippen molar-refractivity contribution in [3.63, 3.8) is 0 Å². The monoisotopic (exact) mass is 303 g/mol. The van der Waals surface area contributed by atoms with Crippen molar-refractivity contribution in [3.8, 4) is 0 Å². The molecule has 120 valence electrons. The Morgan fingerprint density at radius 1 is 1.14 bits per heavy atom. The van der Waals surface area contributed by atoms with E-state index in [4.69, 9.17) is 0 Å². The fourth-order valence-electron chi connectivity index (χ4n) is 3.69. The maximum Gasteiger partial charge on any atom is 0.274 e. The average molecular weight is 303 g/mol. The van der Waals surface area contributed by atoms with Crippen LogP contribution < -0.4 is 4.90 Å². The van der Waals surface area contributed by atoms with E-state index < -0.39 is 0 Å². The molecule has 3 heterocycles. The highest BCUT2D eigenvalue weighted by atomic mass is 16.2. The molecule has 1 amide bonds. The van der Waals surface area contributed by atoms with Gasteiger partial charge in [0, 0.05) is 32.7 Å². The Morgan fingerprint density at radius 2 is 1.86 bits per heavy atom. The summed E-state index contributed by atoms with van der Waals surface area (Å²) in [5.74, 6) is 0.797. The second-order valence-electron chi connectivity index (χ2n) is 6.57. The molecule has 0 spiro atoms. The van der Waals surface area contributed by atoms with Gasteiger partial charge in [0.1, 0.15) is 0 Å². The van der Waals surface area contributed by atoms with Gasteiger partial charge < -0.3 is 14.7 Å². The van der Waals surface area contributed by atoms with Gasteiger partial charge in [-0.2, -0.15) is 0 Å². The SMILES string of the molecule is CN(C)c1ccc(C(=O)N2CCCC2C2CCCN2C)nn1. The second kappa shape index (κ2) is 6.20. The van der Waals surface area contributed by atoms with Gasteiger partial charge in [-0.25, -0.2) is 0 Å². The molecule has 0 saturated carbocycles. The maximum absolute atomic E-state index is 12.8. The van der Waals surface area contributed by atoms with E-state index in [-0.39, 0.29) is 5.91 Å². The number of carbonyl (C=O) groups is 1. The smallest absolute Gasteiger partial charge is 0.274 e. The van der Waals surface area contributed by atoms with Gasteiger partial charge in [0.2, 0.25) is 0 Å². The zero-order valence-corrected chi connectivity index (χ0v) is 13.7. The molecule has 1 aromatic rings. The van der Waals surface area contributed by atoms with Gasteiger partial charge in [-0.3, -0.25) is 4.79 Å². The Labute approximate surface area is 132 Å². The molecule has 6 nitrogen and oxygen atoms in total. The molecular formula is C16H25N5O. The molecule has 22 heavy (non-hydrogen) atoms. The molecule has 1 aromatic heterocycles. The van der Waals surface area contributed by atoms with E-state index in [1.165, 1.54) is 12.8 Å². The maximum atomic E-state index is 12.8. The van der Waals surface area contributed by atoms with Gasteiger partial charge in [0.15, 0.2) is 11.5 Å². The zero-order chi connectivity index (χ0) is 15.7. The molecule has 2 aliphatic rings. The highest BCUT2D eigenvalue weighted by molar-refractivity contribution is 5.92. The molecule has 0 bridgehead atoms. The standard InChI is InChI=1S/C16H25N5O/c1-19(2)15-9-8-12(17-18-15)16(22)21-11-5-7-14(21)13-6-4-10-20(13)3/h8-9,13-14H,4-7,10-11H2,1-3H3. The van der Waals surface area contributed by atoms with E-state index in [9.17, 15) is 4.79 Å². The molecule has 2 atom stereocenters. The molecule has 2 fully saturated rings. The zero-order valence-electron chi connectivity index (χ0n) is 13.7. The lowest BCUT2D eigenvalue weighted by atomic mass is 10.0. The number of likely N-dealkylation sites (N-methyl/N-ethyl adjacent to an activating group) is 1. The molecular weight excluding hydrogens is 278 g/mol. The van der Waals surface area contributed by atoms with Crippen molar-refractivity contribution in [2.75, 3.05) is 39.1 Å². The van der Waals surface area contributed by atoms with Gasteiger partial charge in [0.05, 0.1) is 0 Å². The lowest BCUT2D eigenvalue weighted by Crippen LogP contribution is -2.47. The summed E-state index contributed by atoms with van der Waals surface area (Å²) in [6.45, 7) is 1.98. The number of rotatable bonds is 3. The highest BCUT2D eigenvalue weighted by Crippen LogP contribution is 2.29. The van der Waals surface area contributed by atoms with E-state index in [1.807, 2.05) is 30.0 Å². The minimum absolute atomic E-state index is 0.0283. The molecule has 3 rings (SSSR count). The first-order chi connectivity index (χ1) is 10.6. The Bertz CT molecular complexity index is 530. The predicted octanol–water partition coefficient (Wildman–Crippen LogP) is 1.24. The van der Waals surface area contributed by atoms with Gasteiger partial charge in [-0.15, -0.1) is 10.2 Å². The topological polar surface area (TPSA) is 52.6 Å². The summed E-state index contributed by atoms with van der Waals surface area (Å²) >= 11 is 0. The number of aromatic nitrogens is 2. The number of amides is 1. The van der Waals surface area contributed by atoms with Crippen molar-refractivity contribution in [1.29, 1.82) is 0 Å². The van der Waals surface area contributed by atoms with Gasteiger partial charge >= 0.3 is 0 Å². The summed E-state index contributed by atoms with van der Waals surface area (Å²) < 4.78 is 0. The minimum atomic E-state index is 0.0283. The van der Waals surface area contributed by atoms with Crippen LogP contribution in [0.5, 0.6) is 0 Å². The molecule has 2 unspecified atom stereocenters. The van der Waals surface area contributed by atoms with Crippen molar-refractivity contribution in [2.24, 2.45) is 0 Å². The summed E-state index contributed by atoms with van der Waals surface area (Å²) in [5.41, 5.74) is 0.457. The van der Waals surface area contributed by atoms with Gasteiger partial charge in [0.25, 0.3) is 5.91 Å². The van der Waals surface area contributed by atoms with Crippen LogP contribution in [0.4, 0.5) is 5.82 Å². The number of hydrogen-bond donors (Lipinski definition) is 0. The molecule has 6 heteroatoms. The Kier molecular flexibility index (Phi) is 4.29. The number of anilines is 1. The van der Waals surface area contributed by atoms with Crippen molar-refractivity contribution in [1.82, 2.24) is 20.0 Å². The van der Waals surface area contributed by atoms with Gasteiger partial charge in [-0.05, 0) is 51.4 Å². The largest absolute Gasteiger partial charge is 0.361 e. The second-order valence-corrected chi connectivity index (χ2v) is 6.57. The first-order valence-electron chi connectivity index (χ1n) is 8.10. The van der Waals surface area contributed by atoms with Crippen molar-refractivity contribution < 1.29 is 4.79 Å². The number of carbonyl (C=O) groups excluding carboxylic acids is 1. The van der Waals surface area contributed by atoms with E-state index in [0.29, 0.717) is 17.8 Å². The van der Waals surface area contributed by atoms with E-state index in [1.54, 1.807) is 6.07 Å². The van der Waals surface area contributed by atoms with Crippen LogP contribution in [0, 0.1) is 0 Å². The third-order valence-corrected chi connectivity index (χ3v) is 4.91. The predicted molar refractivity (Wildman–Crippen MR) is 86.1 cm³/mol. The van der Waals surface area contributed by atoms with Crippen LogP contribution in [0.1, 0.15) is 36.2 Å². The van der Waals surface area contributed by atoms with Gasteiger partial charge in [-0.1, -0.05) is 0 Å². The lowest BCUT2D eigenvalue weighted by Gasteiger charge is -2.33. The van der Waals surface area contributed by atoms with Crippen molar-refractivity contribution in [3.05, 3.63) is 17.8 Å². The summed E-state index contributed by atoms with van der Waals surface area (Å²) in [7, 11) is 6.00. The molecule has 0 radical (unpaired) electrons. The van der Waals surface area contributed by atoms with Crippen LogP contribution in [-0.2, 0) is 0 Å². The fraction of sp³-hybridized carbons (Fsp3) is 0.688. The number of hydrogen-bond acceptors (Lipinski definition) is 5. The summed E-state index contributed by atoms with van der Waals surface area (Å²) in [5, 5.41) is 8.25. The summed E-state index contributed by atoms with van der Waals surface area (Å²) in [6.07, 6.45) is 4.61. The van der Waals surface area contributed by atoms with Crippen LogP contribution >= 0.6 is 0 Å². The van der Waals surface area contributed by atoms with E-state index in [2.05, 4.69) is 22.1 Å². The van der Waals surface area contributed by atoms with E-state index >= 15 is 0 Å². The molecule has 0 N–H and O–H groups in total. The lowest BCUT2D eigenvalue weighted by molar-refractivity contribution is 0.0657. The Morgan fingerprint density at radius 3 is 2.45 bits per heavy atom. The minimum Gasteiger partial charge on any atom is -0.361 e. The van der Waals surface area contributed by atoms with Crippen LogP contribution in [0.3, 0.4) is 0 Å².